The minimum Gasteiger partial charge on any atom is -0.497 e. The molecule has 3 aromatic rings. The summed E-state index contributed by atoms with van der Waals surface area (Å²) in [7, 11) is 3.05. The fourth-order valence-electron chi connectivity index (χ4n) is 2.76. The lowest BCUT2D eigenvalue weighted by Gasteiger charge is -2.19. The lowest BCUT2D eigenvalue weighted by atomic mass is 10.1. The van der Waals surface area contributed by atoms with Gasteiger partial charge in [0.15, 0.2) is 5.76 Å². The number of hydrogen-bond donors (Lipinski definition) is 2. The van der Waals surface area contributed by atoms with Gasteiger partial charge in [0, 0.05) is 18.8 Å². The van der Waals surface area contributed by atoms with Crippen LogP contribution >= 0.6 is 0 Å². The van der Waals surface area contributed by atoms with Crippen molar-refractivity contribution in [2.24, 2.45) is 0 Å². The van der Waals surface area contributed by atoms with E-state index >= 15 is 0 Å². The molecule has 0 aliphatic heterocycles. The highest BCUT2D eigenvalue weighted by Crippen LogP contribution is 2.19. The zero-order valence-electron chi connectivity index (χ0n) is 16.5. The number of amides is 3. The van der Waals surface area contributed by atoms with Crippen LogP contribution in [-0.2, 0) is 4.79 Å². The number of methoxy groups -OCH3 is 1. The third-order valence-corrected chi connectivity index (χ3v) is 4.23. The van der Waals surface area contributed by atoms with Crippen LogP contribution in [0, 0.1) is 0 Å². The van der Waals surface area contributed by atoms with Crippen molar-refractivity contribution in [3.63, 3.8) is 0 Å². The molecule has 0 fully saturated rings. The Morgan fingerprint density at radius 1 is 1.00 bits per heavy atom. The van der Waals surface area contributed by atoms with Gasteiger partial charge < -0.3 is 24.7 Å². The van der Waals surface area contributed by atoms with Crippen LogP contribution in [0.5, 0.6) is 5.75 Å². The Hall–Kier alpha value is -4.07. The molecule has 30 heavy (non-hydrogen) atoms. The number of nitrogens with zero attached hydrogens (tertiary/aromatic N) is 1. The first kappa shape index (κ1) is 20.7. The Morgan fingerprint density at radius 3 is 2.53 bits per heavy atom. The molecule has 0 aliphatic rings. The van der Waals surface area contributed by atoms with Crippen molar-refractivity contribution in [2.45, 2.75) is 0 Å². The van der Waals surface area contributed by atoms with E-state index in [4.69, 9.17) is 9.15 Å². The second kappa shape index (κ2) is 9.42. The number of nitrogens with one attached hydrogen (secondary N) is 2. The molecule has 8 heteroatoms. The van der Waals surface area contributed by atoms with Crippen molar-refractivity contribution >= 4 is 29.1 Å². The van der Waals surface area contributed by atoms with Crippen molar-refractivity contribution in [3.05, 3.63) is 78.3 Å². The van der Waals surface area contributed by atoms with Gasteiger partial charge in [0.2, 0.25) is 5.91 Å². The van der Waals surface area contributed by atoms with Gasteiger partial charge in [-0.3, -0.25) is 14.4 Å². The predicted octanol–water partition coefficient (Wildman–Crippen LogP) is 3.25. The lowest BCUT2D eigenvalue weighted by molar-refractivity contribution is -0.116. The molecule has 8 nitrogen and oxygen atoms in total. The van der Waals surface area contributed by atoms with E-state index in [1.165, 1.54) is 31.4 Å². The number of para-hydroxylation sites is 1. The number of furan rings is 1. The van der Waals surface area contributed by atoms with Crippen LogP contribution in [0.25, 0.3) is 0 Å². The van der Waals surface area contributed by atoms with Gasteiger partial charge >= 0.3 is 0 Å². The number of hydrogen-bond acceptors (Lipinski definition) is 5. The van der Waals surface area contributed by atoms with Gasteiger partial charge in [-0.25, -0.2) is 0 Å². The maximum atomic E-state index is 12.9. The van der Waals surface area contributed by atoms with Crippen LogP contribution in [0.15, 0.2) is 71.3 Å². The standard InChI is InChI=1S/C22H21N3O5/c1-25(14-20(26)23-15-7-5-8-16(13-15)29-2)22(28)17-9-3-4-10-18(17)24-21(27)19-11-6-12-30-19/h3-13H,14H2,1-2H3,(H,23,26)(H,24,27). The van der Waals surface area contributed by atoms with E-state index < -0.39 is 11.8 Å². The SMILES string of the molecule is COc1cccc(NC(=O)CN(C)C(=O)c2ccccc2NC(=O)c2ccco2)c1. The first-order chi connectivity index (χ1) is 14.5. The molecule has 3 rings (SSSR count). The monoisotopic (exact) mass is 407 g/mol. The third-order valence-electron chi connectivity index (χ3n) is 4.23. The summed E-state index contributed by atoms with van der Waals surface area (Å²) in [5, 5.41) is 5.38. The number of carbonyl (C=O) groups is 3. The minimum absolute atomic E-state index is 0.128. The Labute approximate surface area is 173 Å². The molecule has 0 bridgehead atoms. The lowest BCUT2D eigenvalue weighted by Crippen LogP contribution is -2.35. The number of carbonyl (C=O) groups excluding carboxylic acids is 3. The smallest absolute Gasteiger partial charge is 0.291 e. The number of anilines is 2. The van der Waals surface area contributed by atoms with Crippen LogP contribution in [0.2, 0.25) is 0 Å². The molecule has 3 amide bonds. The van der Waals surface area contributed by atoms with Gasteiger partial charge in [-0.1, -0.05) is 18.2 Å². The predicted molar refractivity (Wildman–Crippen MR) is 112 cm³/mol. The van der Waals surface area contributed by atoms with E-state index in [2.05, 4.69) is 10.6 Å². The molecule has 0 aliphatic carbocycles. The maximum absolute atomic E-state index is 12.9. The van der Waals surface area contributed by atoms with Gasteiger partial charge in [-0.15, -0.1) is 0 Å². The topological polar surface area (TPSA) is 101 Å². The molecule has 2 N–H and O–H groups in total. The zero-order valence-corrected chi connectivity index (χ0v) is 16.5. The molecule has 154 valence electrons. The Morgan fingerprint density at radius 2 is 1.80 bits per heavy atom. The third kappa shape index (κ3) is 5.05. The summed E-state index contributed by atoms with van der Waals surface area (Å²) in [5.74, 6) is -0.511. The highest BCUT2D eigenvalue weighted by molar-refractivity contribution is 6.08. The molecule has 0 unspecified atom stereocenters. The highest BCUT2D eigenvalue weighted by atomic mass is 16.5. The summed E-state index contributed by atoms with van der Waals surface area (Å²) in [6.45, 7) is -0.170. The summed E-state index contributed by atoms with van der Waals surface area (Å²) in [4.78, 5) is 38.7. The Kier molecular flexibility index (Phi) is 6.49. The normalized spacial score (nSPS) is 10.2. The second-order valence-corrected chi connectivity index (χ2v) is 6.42. The fraction of sp³-hybridized carbons (Fsp3) is 0.136. The van der Waals surface area contributed by atoms with Gasteiger partial charge in [0.25, 0.3) is 11.8 Å². The molecular formula is C22H21N3O5. The van der Waals surface area contributed by atoms with Crippen molar-refractivity contribution < 1.29 is 23.5 Å². The number of rotatable bonds is 7. The molecule has 1 aromatic heterocycles. The van der Waals surface area contributed by atoms with E-state index in [0.717, 1.165) is 0 Å². The number of benzene rings is 2. The summed E-state index contributed by atoms with van der Waals surface area (Å²) in [6.07, 6.45) is 1.39. The van der Waals surface area contributed by atoms with E-state index in [9.17, 15) is 14.4 Å². The summed E-state index contributed by atoms with van der Waals surface area (Å²) in [6, 6.07) is 16.6. The molecule has 0 saturated carbocycles. The van der Waals surface area contributed by atoms with Crippen molar-refractivity contribution in [2.75, 3.05) is 31.3 Å². The van der Waals surface area contributed by atoms with Crippen molar-refractivity contribution in [1.82, 2.24) is 4.90 Å². The first-order valence-corrected chi connectivity index (χ1v) is 9.11. The summed E-state index contributed by atoms with van der Waals surface area (Å²) in [5.41, 5.74) is 1.14. The van der Waals surface area contributed by atoms with E-state index in [1.807, 2.05) is 0 Å². The molecule has 1 heterocycles. The van der Waals surface area contributed by atoms with Crippen molar-refractivity contribution in [3.8, 4) is 5.75 Å². The number of ether oxygens (including phenoxy) is 1. The molecular weight excluding hydrogens is 386 g/mol. The minimum atomic E-state index is -0.473. The Balaban J connectivity index is 1.67. The molecule has 0 atom stereocenters. The van der Waals surface area contributed by atoms with Gasteiger partial charge in [-0.05, 0) is 36.4 Å². The van der Waals surface area contributed by atoms with Crippen LogP contribution in [-0.4, -0.2) is 43.3 Å². The fourth-order valence-corrected chi connectivity index (χ4v) is 2.76. The quantitative estimate of drug-likeness (QED) is 0.626. The van der Waals surface area contributed by atoms with Gasteiger partial charge in [0.05, 0.1) is 31.2 Å². The zero-order chi connectivity index (χ0) is 21.5. The summed E-state index contributed by atoms with van der Waals surface area (Å²) < 4.78 is 10.2. The highest BCUT2D eigenvalue weighted by Gasteiger charge is 2.20. The van der Waals surface area contributed by atoms with Crippen LogP contribution < -0.4 is 15.4 Å². The average Bonchev–Trinajstić information content (AvgIpc) is 3.28. The van der Waals surface area contributed by atoms with Gasteiger partial charge in [0.1, 0.15) is 5.75 Å². The molecule has 0 radical (unpaired) electrons. The average molecular weight is 407 g/mol. The second-order valence-electron chi connectivity index (χ2n) is 6.42. The van der Waals surface area contributed by atoms with Gasteiger partial charge in [-0.2, -0.15) is 0 Å². The van der Waals surface area contributed by atoms with Crippen LogP contribution in [0.1, 0.15) is 20.9 Å². The Bertz CT molecular complexity index is 1050. The van der Waals surface area contributed by atoms with Crippen molar-refractivity contribution in [1.29, 1.82) is 0 Å². The maximum Gasteiger partial charge on any atom is 0.291 e. The molecule has 0 saturated heterocycles. The first-order valence-electron chi connectivity index (χ1n) is 9.11. The van der Waals surface area contributed by atoms with Crippen LogP contribution in [0.3, 0.4) is 0 Å². The van der Waals surface area contributed by atoms with E-state index in [-0.39, 0.29) is 23.8 Å². The van der Waals surface area contributed by atoms with Crippen LogP contribution in [0.4, 0.5) is 11.4 Å². The van der Waals surface area contributed by atoms with E-state index in [0.29, 0.717) is 17.1 Å². The largest absolute Gasteiger partial charge is 0.497 e. The van der Waals surface area contributed by atoms with E-state index in [1.54, 1.807) is 54.6 Å². The summed E-state index contributed by atoms with van der Waals surface area (Å²) >= 11 is 0. The molecule has 0 spiro atoms. The molecule has 2 aromatic carbocycles. The number of likely N-dealkylation sites (N-methyl/N-ethyl adjacent to an activating group) is 1.